The van der Waals surface area contributed by atoms with E-state index >= 15 is 0 Å². The highest BCUT2D eigenvalue weighted by Crippen LogP contribution is 2.39. The second-order valence-corrected chi connectivity index (χ2v) is 5.82. The lowest BCUT2D eigenvalue weighted by Gasteiger charge is -2.24. The molecule has 0 unspecified atom stereocenters. The minimum absolute atomic E-state index is 0.0189. The van der Waals surface area contributed by atoms with Crippen LogP contribution in [-0.2, 0) is 11.4 Å². The number of H-pyrrole nitrogens is 1. The third kappa shape index (κ3) is 2.76. The van der Waals surface area contributed by atoms with Crippen molar-refractivity contribution in [3.05, 3.63) is 77.5 Å². The SMILES string of the molecule is O=C1C[C@H](c2ccccc2OCc2ccccc2)c2cn[nH]c2N1. The Morgan fingerprint density at radius 3 is 2.71 bits per heavy atom. The predicted molar refractivity (Wildman–Crippen MR) is 90.9 cm³/mol. The summed E-state index contributed by atoms with van der Waals surface area (Å²) in [7, 11) is 0. The predicted octanol–water partition coefficient (Wildman–Crippen LogP) is 3.46. The van der Waals surface area contributed by atoms with Crippen LogP contribution in [0.2, 0.25) is 0 Å². The first-order chi connectivity index (χ1) is 11.8. The van der Waals surface area contributed by atoms with Gasteiger partial charge in [0.15, 0.2) is 0 Å². The van der Waals surface area contributed by atoms with Gasteiger partial charge < -0.3 is 10.1 Å². The van der Waals surface area contributed by atoms with Crippen molar-refractivity contribution in [2.75, 3.05) is 5.32 Å². The Hall–Kier alpha value is -3.08. The molecule has 2 heterocycles. The highest BCUT2D eigenvalue weighted by Gasteiger charge is 2.29. The molecule has 3 aromatic rings. The molecule has 1 aromatic heterocycles. The number of benzene rings is 2. The van der Waals surface area contributed by atoms with E-state index in [0.717, 1.165) is 22.4 Å². The molecule has 5 nitrogen and oxygen atoms in total. The van der Waals surface area contributed by atoms with Crippen molar-refractivity contribution in [2.45, 2.75) is 18.9 Å². The van der Waals surface area contributed by atoms with Crippen LogP contribution in [0.1, 0.15) is 29.0 Å². The molecule has 0 bridgehead atoms. The summed E-state index contributed by atoms with van der Waals surface area (Å²) in [6.45, 7) is 0.495. The molecule has 2 aromatic carbocycles. The summed E-state index contributed by atoms with van der Waals surface area (Å²) in [4.78, 5) is 12.0. The normalized spacial score (nSPS) is 16.3. The van der Waals surface area contributed by atoms with Gasteiger partial charge in [-0.15, -0.1) is 0 Å². The third-order valence-corrected chi connectivity index (χ3v) is 4.23. The molecule has 2 N–H and O–H groups in total. The number of carbonyl (C=O) groups is 1. The summed E-state index contributed by atoms with van der Waals surface area (Å²) in [5, 5.41) is 9.72. The fourth-order valence-electron chi connectivity index (χ4n) is 3.06. The van der Waals surface area contributed by atoms with Crippen LogP contribution in [0, 0.1) is 0 Å². The van der Waals surface area contributed by atoms with Crippen LogP contribution in [0.15, 0.2) is 60.8 Å². The second-order valence-electron chi connectivity index (χ2n) is 5.82. The van der Waals surface area contributed by atoms with E-state index < -0.39 is 0 Å². The zero-order valence-corrected chi connectivity index (χ0v) is 13.0. The van der Waals surface area contributed by atoms with E-state index in [1.54, 1.807) is 6.20 Å². The summed E-state index contributed by atoms with van der Waals surface area (Å²) in [5.74, 6) is 1.40. The maximum atomic E-state index is 12.0. The molecule has 0 radical (unpaired) electrons. The molecule has 5 heteroatoms. The number of aromatic nitrogens is 2. The molecule has 0 spiro atoms. The standard InChI is InChI=1S/C19H17N3O2/c23-18-10-15(16-11-20-22-19(16)21-18)14-8-4-5-9-17(14)24-12-13-6-2-1-3-7-13/h1-9,11,15H,10,12H2,(H2,20,21,22,23)/t15-/m1/s1. The van der Waals surface area contributed by atoms with Crippen LogP contribution in [0.25, 0.3) is 0 Å². The van der Waals surface area contributed by atoms with Gasteiger partial charge in [0.2, 0.25) is 5.91 Å². The van der Waals surface area contributed by atoms with Crippen LogP contribution >= 0.6 is 0 Å². The largest absolute Gasteiger partial charge is 0.489 e. The lowest BCUT2D eigenvalue weighted by Crippen LogP contribution is -2.23. The van der Waals surface area contributed by atoms with Gasteiger partial charge in [0, 0.05) is 23.5 Å². The van der Waals surface area contributed by atoms with Gasteiger partial charge in [-0.05, 0) is 11.6 Å². The zero-order chi connectivity index (χ0) is 16.4. The molecule has 0 saturated carbocycles. The van der Waals surface area contributed by atoms with E-state index in [1.807, 2.05) is 54.6 Å². The summed E-state index contributed by atoms with van der Waals surface area (Å²) in [6, 6.07) is 17.9. The van der Waals surface area contributed by atoms with Crippen molar-refractivity contribution in [1.82, 2.24) is 10.2 Å². The van der Waals surface area contributed by atoms with Gasteiger partial charge >= 0.3 is 0 Å². The van der Waals surface area contributed by atoms with Crippen LogP contribution in [0.5, 0.6) is 5.75 Å². The number of para-hydroxylation sites is 1. The molecule has 1 aliphatic rings. The lowest BCUT2D eigenvalue weighted by molar-refractivity contribution is -0.116. The average Bonchev–Trinajstić information content (AvgIpc) is 3.09. The number of hydrogen-bond acceptors (Lipinski definition) is 3. The van der Waals surface area contributed by atoms with Gasteiger partial charge in [-0.3, -0.25) is 9.89 Å². The number of ether oxygens (including phenoxy) is 1. The number of nitrogens with zero attached hydrogens (tertiary/aromatic N) is 1. The molecule has 0 fully saturated rings. The quantitative estimate of drug-likeness (QED) is 0.774. The maximum Gasteiger partial charge on any atom is 0.226 e. The third-order valence-electron chi connectivity index (χ3n) is 4.23. The van der Waals surface area contributed by atoms with E-state index in [-0.39, 0.29) is 11.8 Å². The monoisotopic (exact) mass is 319 g/mol. The number of amides is 1. The van der Waals surface area contributed by atoms with Crippen molar-refractivity contribution >= 4 is 11.7 Å². The molecule has 1 amide bonds. The molecule has 1 atom stereocenters. The lowest BCUT2D eigenvalue weighted by atomic mass is 9.87. The van der Waals surface area contributed by atoms with Gasteiger partial charge in [-0.2, -0.15) is 5.10 Å². The van der Waals surface area contributed by atoms with Crippen molar-refractivity contribution < 1.29 is 9.53 Å². The summed E-state index contributed by atoms with van der Waals surface area (Å²) in [6.07, 6.45) is 2.16. The Bertz CT molecular complexity index is 858. The van der Waals surface area contributed by atoms with Crippen LogP contribution in [0.3, 0.4) is 0 Å². The number of hydrogen-bond donors (Lipinski definition) is 2. The first kappa shape index (κ1) is 14.5. The summed E-state index contributed by atoms with van der Waals surface area (Å²) < 4.78 is 6.04. The molecule has 24 heavy (non-hydrogen) atoms. The van der Waals surface area contributed by atoms with Crippen LogP contribution in [0.4, 0.5) is 5.82 Å². The Morgan fingerprint density at radius 2 is 1.83 bits per heavy atom. The molecule has 0 saturated heterocycles. The first-order valence-corrected chi connectivity index (χ1v) is 7.90. The van der Waals surface area contributed by atoms with Gasteiger partial charge in [0.1, 0.15) is 18.2 Å². The van der Waals surface area contributed by atoms with Crippen molar-refractivity contribution in [3.8, 4) is 5.75 Å². The van der Waals surface area contributed by atoms with Crippen molar-refractivity contribution in [3.63, 3.8) is 0 Å². The number of fused-ring (bicyclic) bond motifs is 1. The van der Waals surface area contributed by atoms with E-state index in [9.17, 15) is 4.79 Å². The second kappa shape index (κ2) is 6.20. The van der Waals surface area contributed by atoms with E-state index in [1.165, 1.54) is 0 Å². The number of anilines is 1. The maximum absolute atomic E-state index is 12.0. The number of aromatic amines is 1. The minimum Gasteiger partial charge on any atom is -0.489 e. The Kier molecular flexibility index (Phi) is 3.75. The molecular formula is C19H17N3O2. The summed E-state index contributed by atoms with van der Waals surface area (Å²) in [5.41, 5.74) is 3.11. The molecule has 1 aliphatic heterocycles. The minimum atomic E-state index is -0.0560. The fourth-order valence-corrected chi connectivity index (χ4v) is 3.06. The summed E-state index contributed by atoms with van der Waals surface area (Å²) >= 11 is 0. The van der Waals surface area contributed by atoms with Gasteiger partial charge in [0.05, 0.1) is 6.20 Å². The van der Waals surface area contributed by atoms with Crippen molar-refractivity contribution in [2.24, 2.45) is 0 Å². The molecule has 4 rings (SSSR count). The van der Waals surface area contributed by atoms with Gasteiger partial charge in [0.25, 0.3) is 0 Å². The van der Waals surface area contributed by atoms with Crippen LogP contribution in [-0.4, -0.2) is 16.1 Å². The Labute approximate surface area is 139 Å². The van der Waals surface area contributed by atoms with E-state index in [0.29, 0.717) is 18.8 Å². The van der Waals surface area contributed by atoms with Crippen molar-refractivity contribution in [1.29, 1.82) is 0 Å². The average molecular weight is 319 g/mol. The molecule has 120 valence electrons. The molecular weight excluding hydrogens is 302 g/mol. The fraction of sp³-hybridized carbons (Fsp3) is 0.158. The topological polar surface area (TPSA) is 67.0 Å². The molecule has 0 aliphatic carbocycles. The zero-order valence-electron chi connectivity index (χ0n) is 13.0. The number of rotatable bonds is 4. The number of nitrogens with one attached hydrogen (secondary N) is 2. The first-order valence-electron chi connectivity index (χ1n) is 7.90. The Morgan fingerprint density at radius 1 is 1.04 bits per heavy atom. The highest BCUT2D eigenvalue weighted by atomic mass is 16.5. The van der Waals surface area contributed by atoms with Crippen LogP contribution < -0.4 is 10.1 Å². The number of carbonyl (C=O) groups excluding carboxylic acids is 1. The van der Waals surface area contributed by atoms with E-state index in [2.05, 4.69) is 15.5 Å². The Balaban J connectivity index is 1.64. The smallest absolute Gasteiger partial charge is 0.226 e. The van der Waals surface area contributed by atoms with Gasteiger partial charge in [-0.25, -0.2) is 0 Å². The van der Waals surface area contributed by atoms with E-state index in [4.69, 9.17) is 4.74 Å². The highest BCUT2D eigenvalue weighted by molar-refractivity contribution is 5.94. The van der Waals surface area contributed by atoms with Gasteiger partial charge in [-0.1, -0.05) is 48.5 Å².